The summed E-state index contributed by atoms with van der Waals surface area (Å²) in [4.78, 5) is 29.8. The van der Waals surface area contributed by atoms with Gasteiger partial charge in [0, 0.05) is 34.6 Å². The quantitative estimate of drug-likeness (QED) is 0.213. The zero-order valence-corrected chi connectivity index (χ0v) is 31.3. The summed E-state index contributed by atoms with van der Waals surface area (Å²) >= 11 is 0. The number of sulfonamides is 1. The summed E-state index contributed by atoms with van der Waals surface area (Å²) < 4.78 is 43.5. The number of benzene rings is 2. The number of carbonyl (C=O) groups is 2. The number of amides is 2. The fraction of sp³-hybridized carbons (Fsp3) is 0.475. The van der Waals surface area contributed by atoms with Gasteiger partial charge in [-0.05, 0) is 106 Å². The number of fused-ring (bicyclic) bond motifs is 7. The molecule has 8 rings (SSSR count). The SMILES string of the molecule is COc1ccc2c(c1)C=C(c1c(C(=O)N3C[C@H]4C[C@@H]3CO4)cnn1C(C)C)Cn1c-2c(C2CCCCC2)c2ccc(C(=O)NS(=O)(=O)C(C)C)cc21. The third-order valence-corrected chi connectivity index (χ3v) is 13.1. The van der Waals surface area contributed by atoms with Gasteiger partial charge in [0.05, 0.1) is 60.8 Å². The molecule has 0 radical (unpaired) electrons. The highest BCUT2D eigenvalue weighted by molar-refractivity contribution is 7.90. The van der Waals surface area contributed by atoms with Crippen LogP contribution in [0.1, 0.15) is 116 Å². The summed E-state index contributed by atoms with van der Waals surface area (Å²) in [7, 11) is -2.17. The molecule has 3 aliphatic heterocycles. The number of morpholine rings is 1. The molecule has 2 aromatic heterocycles. The highest BCUT2D eigenvalue weighted by Crippen LogP contribution is 2.48. The van der Waals surface area contributed by atoms with E-state index in [2.05, 4.69) is 41.3 Å². The molecule has 4 aromatic rings. The topological polar surface area (TPSA) is 125 Å². The second kappa shape index (κ2) is 13.2. The molecule has 2 amide bonds. The molecule has 1 aliphatic carbocycles. The molecule has 12 heteroatoms. The first kappa shape index (κ1) is 34.7. The minimum Gasteiger partial charge on any atom is -0.497 e. The lowest BCUT2D eigenvalue weighted by Crippen LogP contribution is -2.41. The number of nitrogens with zero attached hydrogens (tertiary/aromatic N) is 4. The largest absolute Gasteiger partial charge is 0.497 e. The van der Waals surface area contributed by atoms with Crippen LogP contribution in [-0.4, -0.2) is 77.1 Å². The van der Waals surface area contributed by atoms with E-state index in [0.717, 1.165) is 76.8 Å². The minimum atomic E-state index is -3.84. The fourth-order valence-electron chi connectivity index (χ4n) is 8.67. The van der Waals surface area contributed by atoms with Crippen molar-refractivity contribution in [3.8, 4) is 17.0 Å². The molecule has 0 spiro atoms. The van der Waals surface area contributed by atoms with E-state index in [1.165, 1.54) is 12.0 Å². The molecule has 11 nitrogen and oxygen atoms in total. The third kappa shape index (κ3) is 5.84. The van der Waals surface area contributed by atoms with Crippen LogP contribution in [0.15, 0.2) is 42.6 Å². The van der Waals surface area contributed by atoms with Crippen molar-refractivity contribution in [2.24, 2.45) is 0 Å². The number of aromatic nitrogens is 3. The fourth-order valence-corrected chi connectivity index (χ4v) is 9.28. The van der Waals surface area contributed by atoms with Gasteiger partial charge >= 0.3 is 0 Å². The van der Waals surface area contributed by atoms with E-state index in [0.29, 0.717) is 31.2 Å². The van der Waals surface area contributed by atoms with Crippen molar-refractivity contribution in [3.05, 3.63) is 70.5 Å². The van der Waals surface area contributed by atoms with Crippen molar-refractivity contribution >= 4 is 44.4 Å². The van der Waals surface area contributed by atoms with Gasteiger partial charge < -0.3 is 18.9 Å². The zero-order chi connectivity index (χ0) is 36.5. The van der Waals surface area contributed by atoms with Gasteiger partial charge in [-0.1, -0.05) is 25.3 Å². The van der Waals surface area contributed by atoms with Crippen LogP contribution >= 0.6 is 0 Å². The molecule has 2 aromatic carbocycles. The number of methoxy groups -OCH3 is 1. The van der Waals surface area contributed by atoms with Crippen molar-refractivity contribution in [2.45, 2.75) is 102 Å². The van der Waals surface area contributed by atoms with Gasteiger partial charge in [0.2, 0.25) is 10.0 Å². The van der Waals surface area contributed by atoms with Crippen molar-refractivity contribution in [3.63, 3.8) is 0 Å². The monoisotopic (exact) mass is 725 g/mol. The lowest BCUT2D eigenvalue weighted by atomic mass is 9.81. The van der Waals surface area contributed by atoms with Gasteiger partial charge in [0.15, 0.2) is 0 Å². The summed E-state index contributed by atoms with van der Waals surface area (Å²) in [6.45, 7) is 8.76. The molecular weight excluding hydrogens is 679 g/mol. The number of allylic oxidation sites excluding steroid dienone is 1. The Labute approximate surface area is 305 Å². The predicted octanol–water partition coefficient (Wildman–Crippen LogP) is 6.78. The smallest absolute Gasteiger partial charge is 0.264 e. The first-order valence-electron chi connectivity index (χ1n) is 18.6. The number of ether oxygens (including phenoxy) is 2. The van der Waals surface area contributed by atoms with Gasteiger partial charge in [-0.15, -0.1) is 0 Å². The normalized spacial score (nSPS) is 20.3. The zero-order valence-electron chi connectivity index (χ0n) is 30.5. The second-order valence-electron chi connectivity index (χ2n) is 15.3. The Morgan fingerprint density at radius 1 is 1.02 bits per heavy atom. The van der Waals surface area contributed by atoms with E-state index in [-0.39, 0.29) is 29.7 Å². The van der Waals surface area contributed by atoms with Crippen molar-refractivity contribution in [1.29, 1.82) is 0 Å². The van der Waals surface area contributed by atoms with Crippen molar-refractivity contribution in [2.75, 3.05) is 20.3 Å². The van der Waals surface area contributed by atoms with Gasteiger partial charge in [-0.3, -0.25) is 14.3 Å². The first-order valence-corrected chi connectivity index (χ1v) is 20.1. The summed E-state index contributed by atoms with van der Waals surface area (Å²) in [6.07, 6.45) is 10.4. The van der Waals surface area contributed by atoms with Crippen molar-refractivity contribution < 1.29 is 27.5 Å². The molecule has 5 heterocycles. The molecule has 52 heavy (non-hydrogen) atoms. The van der Waals surface area contributed by atoms with Crippen LogP contribution in [-0.2, 0) is 21.3 Å². The molecule has 0 unspecified atom stereocenters. The summed E-state index contributed by atoms with van der Waals surface area (Å²) in [6, 6.07) is 11.7. The maximum atomic E-state index is 14.4. The molecule has 274 valence electrons. The van der Waals surface area contributed by atoms with Crippen LogP contribution in [0, 0.1) is 0 Å². The average molecular weight is 726 g/mol. The highest BCUT2D eigenvalue weighted by Gasteiger charge is 2.43. The molecular formula is C40H47N5O6S. The third-order valence-electron chi connectivity index (χ3n) is 11.4. The first-order chi connectivity index (χ1) is 24.9. The van der Waals surface area contributed by atoms with Crippen LogP contribution in [0.4, 0.5) is 0 Å². The number of likely N-dealkylation sites (tertiary alicyclic amines) is 1. The number of hydrogen-bond donors (Lipinski definition) is 1. The average Bonchev–Trinajstić information content (AvgIpc) is 3.92. The van der Waals surface area contributed by atoms with Crippen LogP contribution in [0.3, 0.4) is 0 Å². The molecule has 1 N–H and O–H groups in total. The van der Waals surface area contributed by atoms with Gasteiger partial charge in [0.25, 0.3) is 11.8 Å². The van der Waals surface area contributed by atoms with E-state index in [4.69, 9.17) is 14.6 Å². The van der Waals surface area contributed by atoms with E-state index >= 15 is 0 Å². The molecule has 1 saturated carbocycles. The lowest BCUT2D eigenvalue weighted by Gasteiger charge is -2.27. The molecule has 2 saturated heterocycles. The molecule has 3 fully saturated rings. The Balaban J connectivity index is 1.35. The maximum absolute atomic E-state index is 14.4. The highest BCUT2D eigenvalue weighted by atomic mass is 32.2. The Kier molecular flexibility index (Phi) is 8.81. The second-order valence-corrected chi connectivity index (χ2v) is 17.5. The number of nitrogens with one attached hydrogen (secondary N) is 1. The summed E-state index contributed by atoms with van der Waals surface area (Å²) in [5.74, 6) is 0.343. The van der Waals surface area contributed by atoms with Gasteiger partial charge in [-0.2, -0.15) is 5.10 Å². The minimum absolute atomic E-state index is 0.0271. The summed E-state index contributed by atoms with van der Waals surface area (Å²) in [5, 5.41) is 5.10. The standard InChI is InChI=1S/C40H47N5O6S/c1-23(2)45-37(34(19-41-45)40(47)43-21-31-18-29(43)22-51-31)28-15-27-16-30(50-5)12-14-32(27)38-36(25-9-7-6-8-10-25)33-13-11-26(17-35(33)44(38)20-28)39(46)42-52(48,49)24(3)4/h11-17,19,23-25,29,31H,6-10,18,20-22H2,1-5H3,(H,42,46)/t29-,31-/m1/s1. The van der Waals surface area contributed by atoms with E-state index in [9.17, 15) is 18.0 Å². The number of hydrogen-bond acceptors (Lipinski definition) is 7. The maximum Gasteiger partial charge on any atom is 0.264 e. The number of carbonyl (C=O) groups excluding carboxylic acids is 2. The lowest BCUT2D eigenvalue weighted by molar-refractivity contribution is 0.0259. The Hall–Kier alpha value is -4.42. The molecule has 2 bridgehead atoms. The van der Waals surface area contributed by atoms with Crippen LogP contribution in [0.25, 0.3) is 33.8 Å². The summed E-state index contributed by atoms with van der Waals surface area (Å²) in [5.41, 5.74) is 7.69. The molecule has 4 aliphatic rings. The predicted molar refractivity (Wildman–Crippen MR) is 201 cm³/mol. The van der Waals surface area contributed by atoms with Crippen LogP contribution in [0.2, 0.25) is 0 Å². The van der Waals surface area contributed by atoms with E-state index in [1.54, 1.807) is 33.2 Å². The van der Waals surface area contributed by atoms with E-state index in [1.807, 2.05) is 27.8 Å². The van der Waals surface area contributed by atoms with Crippen LogP contribution in [0.5, 0.6) is 5.75 Å². The van der Waals surface area contributed by atoms with E-state index < -0.39 is 21.2 Å². The van der Waals surface area contributed by atoms with Crippen LogP contribution < -0.4 is 9.46 Å². The molecule has 2 atom stereocenters. The number of rotatable bonds is 8. The Morgan fingerprint density at radius 3 is 2.48 bits per heavy atom. The van der Waals surface area contributed by atoms with Gasteiger partial charge in [-0.25, -0.2) is 13.1 Å². The Morgan fingerprint density at radius 2 is 1.81 bits per heavy atom. The Bertz CT molecular complexity index is 2230. The van der Waals surface area contributed by atoms with Crippen molar-refractivity contribution in [1.82, 2.24) is 24.0 Å². The van der Waals surface area contributed by atoms with Gasteiger partial charge in [0.1, 0.15) is 5.75 Å².